The SMILES string of the molecule is CC(C)(C)c1cc(-c2cc(-c3cccc(-c4cc(-c5cccc6c7cnccc7n(-c7ccccc7)c56)ccn4)c3)nc(-c3ccccc3O)c2)cc(C(C)(C)C)c1. The highest BCUT2D eigenvalue weighted by Gasteiger charge is 2.22. The predicted octanol–water partition coefficient (Wildman–Crippen LogP) is 13.6. The summed E-state index contributed by atoms with van der Waals surface area (Å²) in [4.78, 5) is 14.6. The van der Waals surface area contributed by atoms with Crippen molar-refractivity contribution in [2.45, 2.75) is 52.4 Å². The Hall–Kier alpha value is -6.85. The van der Waals surface area contributed by atoms with Crippen LogP contribution in [0.5, 0.6) is 5.75 Å². The van der Waals surface area contributed by atoms with Crippen LogP contribution in [0, 0.1) is 0 Å². The fourth-order valence-corrected chi connectivity index (χ4v) is 7.92. The third-order valence-corrected chi connectivity index (χ3v) is 11.1. The van der Waals surface area contributed by atoms with Crippen molar-refractivity contribution in [3.63, 3.8) is 0 Å². The van der Waals surface area contributed by atoms with E-state index in [2.05, 4.69) is 172 Å². The van der Waals surface area contributed by atoms with Crippen LogP contribution in [0.1, 0.15) is 52.7 Å². The molecule has 0 aliphatic carbocycles. The molecule has 9 rings (SSSR count). The maximum atomic E-state index is 11.0. The fraction of sp³-hybridized carbons (Fsp3) is 0.151. The number of phenols is 1. The van der Waals surface area contributed by atoms with Crippen molar-refractivity contribution in [2.75, 3.05) is 0 Å². The van der Waals surface area contributed by atoms with E-state index in [1.807, 2.05) is 36.8 Å². The molecule has 0 unspecified atom stereocenters. The molecule has 1 N–H and O–H groups in total. The lowest BCUT2D eigenvalue weighted by molar-refractivity contribution is 0.477. The molecule has 4 aromatic heterocycles. The summed E-state index contributed by atoms with van der Waals surface area (Å²) in [5.41, 5.74) is 15.2. The Labute approximate surface area is 340 Å². The lowest BCUT2D eigenvalue weighted by Gasteiger charge is -2.26. The molecule has 0 amide bonds. The summed E-state index contributed by atoms with van der Waals surface area (Å²) < 4.78 is 2.34. The molecular weight excluding hydrogens is 709 g/mol. The third-order valence-electron chi connectivity index (χ3n) is 11.1. The van der Waals surface area contributed by atoms with Crippen molar-refractivity contribution in [1.29, 1.82) is 0 Å². The van der Waals surface area contributed by atoms with Gasteiger partial charge >= 0.3 is 0 Å². The minimum Gasteiger partial charge on any atom is -0.507 e. The molecule has 4 heterocycles. The smallest absolute Gasteiger partial charge is 0.124 e. The summed E-state index contributed by atoms with van der Waals surface area (Å²) in [5.74, 6) is 0.198. The largest absolute Gasteiger partial charge is 0.507 e. The van der Waals surface area contributed by atoms with Crippen LogP contribution in [-0.4, -0.2) is 24.6 Å². The molecule has 0 bridgehead atoms. The van der Waals surface area contributed by atoms with Gasteiger partial charge in [-0.15, -0.1) is 0 Å². The number of benzene rings is 5. The van der Waals surface area contributed by atoms with Crippen molar-refractivity contribution in [2.24, 2.45) is 0 Å². The Morgan fingerprint density at radius 3 is 1.86 bits per heavy atom. The number of pyridine rings is 3. The molecule has 0 atom stereocenters. The minimum atomic E-state index is -0.0386. The van der Waals surface area contributed by atoms with Crippen LogP contribution < -0.4 is 0 Å². The molecule has 284 valence electrons. The van der Waals surface area contributed by atoms with Crippen molar-refractivity contribution < 1.29 is 5.11 Å². The molecule has 0 aliphatic rings. The molecule has 9 aromatic rings. The zero-order valence-corrected chi connectivity index (χ0v) is 33.8. The molecule has 0 saturated heterocycles. The number of para-hydroxylation sites is 3. The first kappa shape index (κ1) is 36.8. The highest BCUT2D eigenvalue weighted by molar-refractivity contribution is 6.13. The molecule has 0 saturated carbocycles. The quantitative estimate of drug-likeness (QED) is 0.184. The average Bonchev–Trinajstić information content (AvgIpc) is 3.58. The summed E-state index contributed by atoms with van der Waals surface area (Å²) in [5, 5.41) is 13.3. The molecule has 0 aliphatic heterocycles. The predicted molar refractivity (Wildman–Crippen MR) is 240 cm³/mol. The van der Waals surface area contributed by atoms with Crippen LogP contribution in [0.3, 0.4) is 0 Å². The maximum Gasteiger partial charge on any atom is 0.124 e. The van der Waals surface area contributed by atoms with E-state index in [0.717, 1.165) is 72.3 Å². The zero-order valence-electron chi connectivity index (χ0n) is 33.8. The van der Waals surface area contributed by atoms with Crippen LogP contribution in [0.4, 0.5) is 0 Å². The van der Waals surface area contributed by atoms with Gasteiger partial charge in [0.05, 0.1) is 28.1 Å². The van der Waals surface area contributed by atoms with Crippen molar-refractivity contribution in [3.8, 4) is 67.5 Å². The number of hydrogen-bond donors (Lipinski definition) is 1. The first-order valence-electron chi connectivity index (χ1n) is 19.9. The maximum absolute atomic E-state index is 11.0. The van der Waals surface area contributed by atoms with Gasteiger partial charge in [-0.1, -0.05) is 126 Å². The van der Waals surface area contributed by atoms with E-state index in [9.17, 15) is 5.11 Å². The second-order valence-corrected chi connectivity index (χ2v) is 17.2. The van der Waals surface area contributed by atoms with Gasteiger partial charge in [-0.25, -0.2) is 4.98 Å². The molecule has 5 heteroatoms. The highest BCUT2D eigenvalue weighted by atomic mass is 16.3. The number of hydrogen-bond acceptors (Lipinski definition) is 4. The summed E-state index contributed by atoms with van der Waals surface area (Å²) >= 11 is 0. The number of rotatable bonds is 6. The first-order chi connectivity index (χ1) is 27.9. The summed E-state index contributed by atoms with van der Waals surface area (Å²) in [6.45, 7) is 13.6. The Kier molecular flexibility index (Phi) is 9.04. The normalized spacial score (nSPS) is 12.0. The average molecular weight is 755 g/mol. The van der Waals surface area contributed by atoms with Crippen molar-refractivity contribution >= 4 is 21.8 Å². The monoisotopic (exact) mass is 754 g/mol. The van der Waals surface area contributed by atoms with Gasteiger partial charge in [-0.2, -0.15) is 0 Å². The van der Waals surface area contributed by atoms with Gasteiger partial charge in [0, 0.05) is 57.3 Å². The fourth-order valence-electron chi connectivity index (χ4n) is 7.92. The van der Waals surface area contributed by atoms with Gasteiger partial charge in [-0.05, 0) is 99.3 Å². The van der Waals surface area contributed by atoms with Crippen LogP contribution in [0.25, 0.3) is 83.5 Å². The van der Waals surface area contributed by atoms with Crippen molar-refractivity contribution in [1.82, 2.24) is 19.5 Å². The number of nitrogens with zero attached hydrogens (tertiary/aromatic N) is 4. The number of phenolic OH excluding ortho intramolecular Hbond substituents is 1. The van der Waals surface area contributed by atoms with E-state index in [1.165, 1.54) is 11.1 Å². The van der Waals surface area contributed by atoms with Gasteiger partial charge in [0.2, 0.25) is 0 Å². The summed E-state index contributed by atoms with van der Waals surface area (Å²) in [6.07, 6.45) is 5.72. The number of aromatic hydroxyl groups is 1. The third kappa shape index (κ3) is 6.83. The standard InChI is InChI=1S/C53H46N4O/c1-52(2,3)39-27-37(28-40(32-39)53(4,5)6)38-30-47(56-48(31-38)44-18-10-11-21-50(44)58)36-15-12-14-35(26-36)46-29-34(22-25-55-46)42-19-13-20-43-45-33-54-24-23-49(45)57(51(42)43)41-16-8-7-9-17-41/h7-33,58H,1-6H3. The molecule has 0 fully saturated rings. The lowest BCUT2D eigenvalue weighted by Crippen LogP contribution is -2.16. The molecule has 0 radical (unpaired) electrons. The zero-order chi connectivity index (χ0) is 40.2. The second kappa shape index (κ2) is 14.3. The van der Waals surface area contributed by atoms with Gasteiger partial charge in [0.15, 0.2) is 0 Å². The van der Waals surface area contributed by atoms with Crippen LogP contribution in [0.2, 0.25) is 0 Å². The van der Waals surface area contributed by atoms with E-state index < -0.39 is 0 Å². The number of aromatic nitrogens is 4. The van der Waals surface area contributed by atoms with Gasteiger partial charge in [-0.3, -0.25) is 9.97 Å². The van der Waals surface area contributed by atoms with E-state index in [4.69, 9.17) is 9.97 Å². The van der Waals surface area contributed by atoms with Crippen LogP contribution in [-0.2, 0) is 10.8 Å². The Morgan fingerprint density at radius 2 is 1.12 bits per heavy atom. The molecular formula is C53H46N4O. The van der Waals surface area contributed by atoms with E-state index >= 15 is 0 Å². The molecule has 58 heavy (non-hydrogen) atoms. The van der Waals surface area contributed by atoms with Gasteiger partial charge < -0.3 is 9.67 Å². The molecule has 5 aromatic carbocycles. The Morgan fingerprint density at radius 1 is 0.483 bits per heavy atom. The summed E-state index contributed by atoms with van der Waals surface area (Å²) in [6, 6.07) is 50.5. The molecule has 0 spiro atoms. The minimum absolute atomic E-state index is 0.0386. The van der Waals surface area contributed by atoms with Crippen LogP contribution in [0.15, 0.2) is 164 Å². The topological polar surface area (TPSA) is 63.8 Å². The van der Waals surface area contributed by atoms with Gasteiger partial charge in [0.25, 0.3) is 0 Å². The Balaban J connectivity index is 1.19. The van der Waals surface area contributed by atoms with E-state index in [0.29, 0.717) is 11.3 Å². The van der Waals surface area contributed by atoms with E-state index in [1.54, 1.807) is 6.07 Å². The first-order valence-corrected chi connectivity index (χ1v) is 19.9. The van der Waals surface area contributed by atoms with Crippen molar-refractivity contribution in [3.05, 3.63) is 175 Å². The lowest BCUT2D eigenvalue weighted by atomic mass is 9.79. The van der Waals surface area contributed by atoms with Crippen LogP contribution >= 0.6 is 0 Å². The van der Waals surface area contributed by atoms with Gasteiger partial charge in [0.1, 0.15) is 5.75 Å². The second-order valence-electron chi connectivity index (χ2n) is 17.2. The number of fused-ring (bicyclic) bond motifs is 3. The molecule has 5 nitrogen and oxygen atoms in total. The highest BCUT2D eigenvalue weighted by Crippen LogP contribution is 2.41. The Bertz CT molecular complexity index is 2950. The van der Waals surface area contributed by atoms with E-state index in [-0.39, 0.29) is 16.6 Å². The summed E-state index contributed by atoms with van der Waals surface area (Å²) in [7, 11) is 0.